The smallest absolute Gasteiger partial charge is 0.264 e. The molecule has 4 rings (SSSR count). The molecule has 0 bridgehead atoms. The second-order valence-electron chi connectivity index (χ2n) is 6.08. The van der Waals surface area contributed by atoms with E-state index in [1.807, 2.05) is 35.4 Å². The van der Waals surface area contributed by atoms with Gasteiger partial charge in [0.05, 0.1) is 4.88 Å². The van der Waals surface area contributed by atoms with Gasteiger partial charge in [0.15, 0.2) is 0 Å². The predicted molar refractivity (Wildman–Crippen MR) is 97.2 cm³/mol. The summed E-state index contributed by atoms with van der Waals surface area (Å²) in [6, 6.07) is 14.3. The second-order valence-corrected chi connectivity index (χ2v) is 7.16. The lowest BCUT2D eigenvalue weighted by Crippen LogP contribution is -2.48. The summed E-state index contributed by atoms with van der Waals surface area (Å²) in [4.78, 5) is 22.1. The highest BCUT2D eigenvalue weighted by Crippen LogP contribution is 2.26. The lowest BCUT2D eigenvalue weighted by atomic mass is 10.2. The summed E-state index contributed by atoms with van der Waals surface area (Å²) in [5.74, 6) is 0.164. The van der Waals surface area contributed by atoms with E-state index in [0.717, 1.165) is 43.0 Å². The zero-order valence-electron chi connectivity index (χ0n) is 13.4. The molecule has 1 amide bonds. The Labute approximate surface area is 145 Å². The third kappa shape index (κ3) is 3.18. The van der Waals surface area contributed by atoms with Gasteiger partial charge in [-0.3, -0.25) is 14.7 Å². The van der Waals surface area contributed by atoms with E-state index in [1.54, 1.807) is 17.5 Å². The van der Waals surface area contributed by atoms with Crippen molar-refractivity contribution in [3.63, 3.8) is 0 Å². The molecular weight excluding hydrogens is 318 g/mol. The van der Waals surface area contributed by atoms with E-state index < -0.39 is 0 Å². The molecule has 2 aromatic heterocycles. The number of hydrogen-bond donors (Lipinski definition) is 0. The molecule has 0 radical (unpaired) electrons. The number of piperazine rings is 1. The molecule has 3 heterocycles. The number of carbonyl (C=O) groups is 1. The number of rotatable bonds is 3. The first kappa shape index (κ1) is 15.3. The first-order valence-electron chi connectivity index (χ1n) is 8.19. The minimum Gasteiger partial charge on any atom is -0.335 e. The van der Waals surface area contributed by atoms with Crippen LogP contribution in [0.15, 0.2) is 54.9 Å². The van der Waals surface area contributed by atoms with Crippen LogP contribution in [0.25, 0.3) is 10.1 Å². The molecule has 24 heavy (non-hydrogen) atoms. The average Bonchev–Trinajstić information content (AvgIpc) is 3.07. The predicted octanol–water partition coefficient (Wildman–Crippen LogP) is 3.25. The maximum atomic E-state index is 12.7. The average molecular weight is 337 g/mol. The summed E-state index contributed by atoms with van der Waals surface area (Å²) < 4.78 is 1.18. The van der Waals surface area contributed by atoms with Crippen molar-refractivity contribution in [1.82, 2.24) is 14.8 Å². The molecule has 0 spiro atoms. The minimum atomic E-state index is 0.164. The Hall–Kier alpha value is -2.24. The summed E-state index contributed by atoms with van der Waals surface area (Å²) >= 11 is 1.59. The van der Waals surface area contributed by atoms with E-state index in [0.29, 0.717) is 0 Å². The van der Waals surface area contributed by atoms with Crippen LogP contribution in [0.5, 0.6) is 0 Å². The van der Waals surface area contributed by atoms with Crippen LogP contribution in [0.3, 0.4) is 0 Å². The molecule has 0 aliphatic carbocycles. The van der Waals surface area contributed by atoms with Crippen LogP contribution in [-0.4, -0.2) is 46.9 Å². The molecule has 1 saturated heterocycles. The van der Waals surface area contributed by atoms with Crippen LogP contribution >= 0.6 is 11.3 Å². The Bertz CT molecular complexity index is 805. The standard InChI is InChI=1S/C19H19N3OS/c23-19(18-12-16-5-1-2-6-17(16)24-18)22-10-8-21(9-11-22)14-15-4-3-7-20-13-15/h1-7,12-13H,8-11,14H2. The highest BCUT2D eigenvalue weighted by atomic mass is 32.1. The Balaban J connectivity index is 1.39. The van der Waals surface area contributed by atoms with Crippen molar-refractivity contribution in [2.75, 3.05) is 26.2 Å². The first-order valence-corrected chi connectivity index (χ1v) is 9.00. The second kappa shape index (κ2) is 6.71. The van der Waals surface area contributed by atoms with Crippen LogP contribution < -0.4 is 0 Å². The number of pyridine rings is 1. The summed E-state index contributed by atoms with van der Waals surface area (Å²) in [6.45, 7) is 4.29. The fourth-order valence-electron chi connectivity index (χ4n) is 3.10. The van der Waals surface area contributed by atoms with Crippen LogP contribution in [0, 0.1) is 0 Å². The molecule has 1 aromatic carbocycles. The van der Waals surface area contributed by atoms with Crippen LogP contribution in [-0.2, 0) is 6.54 Å². The van der Waals surface area contributed by atoms with Crippen molar-refractivity contribution in [3.05, 3.63) is 65.3 Å². The van der Waals surface area contributed by atoms with Crippen molar-refractivity contribution < 1.29 is 4.79 Å². The fraction of sp³-hybridized carbons (Fsp3) is 0.263. The van der Waals surface area contributed by atoms with Crippen LogP contribution in [0.1, 0.15) is 15.2 Å². The zero-order valence-corrected chi connectivity index (χ0v) is 14.2. The van der Waals surface area contributed by atoms with Crippen molar-refractivity contribution in [2.24, 2.45) is 0 Å². The quantitative estimate of drug-likeness (QED) is 0.736. The van der Waals surface area contributed by atoms with E-state index >= 15 is 0 Å². The molecular formula is C19H19N3OS. The maximum absolute atomic E-state index is 12.7. The van der Waals surface area contributed by atoms with E-state index in [-0.39, 0.29) is 5.91 Å². The van der Waals surface area contributed by atoms with E-state index in [9.17, 15) is 4.79 Å². The number of fused-ring (bicyclic) bond motifs is 1. The van der Waals surface area contributed by atoms with Gasteiger partial charge in [-0.1, -0.05) is 24.3 Å². The number of carbonyl (C=O) groups excluding carboxylic acids is 1. The summed E-state index contributed by atoms with van der Waals surface area (Å²) in [5, 5.41) is 1.15. The first-order chi connectivity index (χ1) is 11.8. The Morgan fingerprint density at radius 1 is 1.08 bits per heavy atom. The molecule has 0 unspecified atom stereocenters. The van der Waals surface area contributed by atoms with Crippen molar-refractivity contribution >= 4 is 27.3 Å². The Morgan fingerprint density at radius 2 is 1.92 bits per heavy atom. The number of thiophene rings is 1. The molecule has 0 N–H and O–H groups in total. The largest absolute Gasteiger partial charge is 0.335 e. The fourth-order valence-corrected chi connectivity index (χ4v) is 4.13. The zero-order chi connectivity index (χ0) is 16.4. The molecule has 0 atom stereocenters. The topological polar surface area (TPSA) is 36.4 Å². The molecule has 1 aliphatic heterocycles. The molecule has 0 saturated carbocycles. The Morgan fingerprint density at radius 3 is 2.67 bits per heavy atom. The number of benzene rings is 1. The van der Waals surface area contributed by atoms with Gasteiger partial charge in [-0.2, -0.15) is 0 Å². The molecule has 1 fully saturated rings. The minimum absolute atomic E-state index is 0.164. The lowest BCUT2D eigenvalue weighted by Gasteiger charge is -2.34. The third-order valence-corrected chi connectivity index (χ3v) is 5.53. The van der Waals surface area contributed by atoms with Crippen molar-refractivity contribution in [3.8, 4) is 0 Å². The van der Waals surface area contributed by atoms with Gasteiger partial charge >= 0.3 is 0 Å². The third-order valence-electron chi connectivity index (χ3n) is 4.42. The molecule has 122 valence electrons. The molecule has 1 aliphatic rings. The van der Waals surface area contributed by atoms with Crippen LogP contribution in [0.4, 0.5) is 0 Å². The monoisotopic (exact) mass is 337 g/mol. The van der Waals surface area contributed by atoms with Gasteiger partial charge in [-0.05, 0) is 29.1 Å². The van der Waals surface area contributed by atoms with Gasteiger partial charge in [0.1, 0.15) is 0 Å². The summed E-state index contributed by atoms with van der Waals surface area (Å²) in [7, 11) is 0. The van der Waals surface area contributed by atoms with Crippen molar-refractivity contribution in [1.29, 1.82) is 0 Å². The highest BCUT2D eigenvalue weighted by molar-refractivity contribution is 7.20. The molecule has 3 aromatic rings. The van der Waals surface area contributed by atoms with Crippen LogP contribution in [0.2, 0.25) is 0 Å². The summed E-state index contributed by atoms with van der Waals surface area (Å²) in [6.07, 6.45) is 3.71. The number of nitrogens with zero attached hydrogens (tertiary/aromatic N) is 3. The SMILES string of the molecule is O=C(c1cc2ccccc2s1)N1CCN(Cc2cccnc2)CC1. The summed E-state index contributed by atoms with van der Waals surface area (Å²) in [5.41, 5.74) is 1.22. The van der Waals surface area contributed by atoms with Gasteiger partial charge in [-0.25, -0.2) is 0 Å². The number of aromatic nitrogens is 1. The van der Waals surface area contributed by atoms with E-state index in [4.69, 9.17) is 0 Å². The van der Waals surface area contributed by atoms with E-state index in [1.165, 1.54) is 10.3 Å². The van der Waals surface area contributed by atoms with Gasteiger partial charge < -0.3 is 4.90 Å². The van der Waals surface area contributed by atoms with Gasteiger partial charge in [0.2, 0.25) is 0 Å². The molecule has 5 heteroatoms. The van der Waals surface area contributed by atoms with Crippen molar-refractivity contribution in [2.45, 2.75) is 6.54 Å². The normalized spacial score (nSPS) is 15.8. The Kier molecular flexibility index (Phi) is 4.28. The van der Waals surface area contributed by atoms with Gasteiger partial charge in [0.25, 0.3) is 5.91 Å². The van der Waals surface area contributed by atoms with Gasteiger partial charge in [0, 0.05) is 49.8 Å². The highest BCUT2D eigenvalue weighted by Gasteiger charge is 2.23. The maximum Gasteiger partial charge on any atom is 0.264 e. The number of hydrogen-bond acceptors (Lipinski definition) is 4. The molecule has 4 nitrogen and oxygen atoms in total. The van der Waals surface area contributed by atoms with Gasteiger partial charge in [-0.15, -0.1) is 11.3 Å². The lowest BCUT2D eigenvalue weighted by molar-refractivity contribution is 0.0633. The van der Waals surface area contributed by atoms with E-state index in [2.05, 4.69) is 28.1 Å². The number of amides is 1.